The second kappa shape index (κ2) is 4.33. The summed E-state index contributed by atoms with van der Waals surface area (Å²) in [5.41, 5.74) is 2.67. The molecule has 2 rings (SSSR count). The predicted molar refractivity (Wildman–Crippen MR) is 60.8 cm³/mol. The standard InChI is InChI=1S/C12H13N3O/c1-8-15-11-4-3-9(7-12(11)16-8)10(14-2)5-6-13/h3-4,7,10,14H,5H2,1-2H3. The van der Waals surface area contributed by atoms with Crippen LogP contribution in [0.4, 0.5) is 0 Å². The Balaban J connectivity index is 2.41. The summed E-state index contributed by atoms with van der Waals surface area (Å²) in [7, 11) is 1.85. The molecule has 0 aliphatic carbocycles. The molecule has 4 heteroatoms. The van der Waals surface area contributed by atoms with Crippen molar-refractivity contribution < 1.29 is 4.42 Å². The number of aryl methyl sites for hydroxylation is 1. The van der Waals surface area contributed by atoms with E-state index in [1.54, 1.807) is 0 Å². The van der Waals surface area contributed by atoms with Gasteiger partial charge in [0.15, 0.2) is 11.5 Å². The average molecular weight is 215 g/mol. The molecule has 1 N–H and O–H groups in total. The SMILES string of the molecule is CNC(CC#N)c1ccc2nc(C)oc2c1. The van der Waals surface area contributed by atoms with E-state index in [-0.39, 0.29) is 6.04 Å². The number of benzene rings is 1. The first-order chi connectivity index (χ1) is 7.74. The number of fused-ring (bicyclic) bond motifs is 1. The third-order valence-electron chi connectivity index (χ3n) is 2.57. The van der Waals surface area contributed by atoms with E-state index in [9.17, 15) is 0 Å². The maximum absolute atomic E-state index is 8.72. The second-order valence-electron chi connectivity index (χ2n) is 3.66. The molecule has 1 heterocycles. The van der Waals surface area contributed by atoms with Crippen LogP contribution in [0, 0.1) is 18.3 Å². The zero-order valence-corrected chi connectivity index (χ0v) is 9.32. The van der Waals surface area contributed by atoms with Crippen LogP contribution in [0.2, 0.25) is 0 Å². The minimum atomic E-state index is 0.0415. The summed E-state index contributed by atoms with van der Waals surface area (Å²) < 4.78 is 5.46. The second-order valence-corrected chi connectivity index (χ2v) is 3.66. The van der Waals surface area contributed by atoms with Crippen LogP contribution >= 0.6 is 0 Å². The Morgan fingerprint density at radius 2 is 2.38 bits per heavy atom. The van der Waals surface area contributed by atoms with Crippen molar-refractivity contribution in [3.63, 3.8) is 0 Å². The number of nitriles is 1. The van der Waals surface area contributed by atoms with Gasteiger partial charge in [-0.05, 0) is 24.7 Å². The molecule has 1 aromatic heterocycles. The van der Waals surface area contributed by atoms with E-state index in [4.69, 9.17) is 9.68 Å². The molecule has 16 heavy (non-hydrogen) atoms. The molecular formula is C12H13N3O. The molecule has 4 nitrogen and oxygen atoms in total. The molecule has 1 unspecified atom stereocenters. The van der Waals surface area contributed by atoms with Gasteiger partial charge in [-0.1, -0.05) is 6.07 Å². The van der Waals surface area contributed by atoms with Gasteiger partial charge in [-0.15, -0.1) is 0 Å². The highest BCUT2D eigenvalue weighted by Gasteiger charge is 2.11. The Labute approximate surface area is 93.9 Å². The maximum atomic E-state index is 8.72. The lowest BCUT2D eigenvalue weighted by molar-refractivity contribution is 0.558. The third-order valence-corrected chi connectivity index (χ3v) is 2.57. The smallest absolute Gasteiger partial charge is 0.192 e. The van der Waals surface area contributed by atoms with Crippen molar-refractivity contribution in [2.24, 2.45) is 0 Å². The molecule has 0 spiro atoms. The van der Waals surface area contributed by atoms with Crippen molar-refractivity contribution >= 4 is 11.1 Å². The van der Waals surface area contributed by atoms with Crippen LogP contribution in [0.5, 0.6) is 0 Å². The van der Waals surface area contributed by atoms with E-state index < -0.39 is 0 Å². The highest BCUT2D eigenvalue weighted by atomic mass is 16.3. The lowest BCUT2D eigenvalue weighted by Crippen LogP contribution is -2.15. The number of hydrogen-bond acceptors (Lipinski definition) is 4. The fraction of sp³-hybridized carbons (Fsp3) is 0.333. The molecular weight excluding hydrogens is 202 g/mol. The molecule has 0 radical (unpaired) electrons. The molecule has 2 aromatic rings. The Morgan fingerprint density at radius 3 is 3.06 bits per heavy atom. The number of hydrogen-bond donors (Lipinski definition) is 1. The monoisotopic (exact) mass is 215 g/mol. The zero-order chi connectivity index (χ0) is 11.5. The number of rotatable bonds is 3. The van der Waals surface area contributed by atoms with E-state index in [0.29, 0.717) is 12.3 Å². The molecule has 0 saturated carbocycles. The van der Waals surface area contributed by atoms with E-state index in [0.717, 1.165) is 16.7 Å². The van der Waals surface area contributed by atoms with Gasteiger partial charge in [-0.2, -0.15) is 5.26 Å². The van der Waals surface area contributed by atoms with Crippen LogP contribution in [0.15, 0.2) is 22.6 Å². The quantitative estimate of drug-likeness (QED) is 0.853. The van der Waals surface area contributed by atoms with Crippen LogP contribution in [0.25, 0.3) is 11.1 Å². The summed E-state index contributed by atoms with van der Waals surface area (Å²) in [6.07, 6.45) is 0.440. The van der Waals surface area contributed by atoms with Gasteiger partial charge in [0, 0.05) is 13.0 Å². The molecule has 0 bridgehead atoms. The van der Waals surface area contributed by atoms with Crippen molar-refractivity contribution in [1.82, 2.24) is 10.3 Å². The van der Waals surface area contributed by atoms with Crippen LogP contribution in [0.1, 0.15) is 23.9 Å². The summed E-state index contributed by atoms with van der Waals surface area (Å²) >= 11 is 0. The normalized spacial score (nSPS) is 12.6. The Bertz CT molecular complexity index is 539. The van der Waals surface area contributed by atoms with Crippen LogP contribution in [-0.2, 0) is 0 Å². The Kier molecular flexibility index (Phi) is 2.88. The number of oxazole rings is 1. The number of nitrogens with zero attached hydrogens (tertiary/aromatic N) is 2. The van der Waals surface area contributed by atoms with Gasteiger partial charge < -0.3 is 9.73 Å². The summed E-state index contributed by atoms with van der Waals surface area (Å²) in [6.45, 7) is 1.82. The van der Waals surface area contributed by atoms with Crippen molar-refractivity contribution in [3.8, 4) is 6.07 Å². The van der Waals surface area contributed by atoms with Gasteiger partial charge in [-0.25, -0.2) is 4.98 Å². The van der Waals surface area contributed by atoms with Crippen molar-refractivity contribution in [3.05, 3.63) is 29.7 Å². The predicted octanol–water partition coefficient (Wildman–Crippen LogP) is 2.31. The molecule has 0 fully saturated rings. The largest absolute Gasteiger partial charge is 0.441 e. The summed E-state index contributed by atoms with van der Waals surface area (Å²) in [5.74, 6) is 0.661. The molecule has 0 aliphatic heterocycles. The topological polar surface area (TPSA) is 61.9 Å². The number of aromatic nitrogens is 1. The van der Waals surface area contributed by atoms with Gasteiger partial charge in [0.1, 0.15) is 5.52 Å². The summed E-state index contributed by atoms with van der Waals surface area (Å²) in [5, 5.41) is 11.8. The minimum absolute atomic E-state index is 0.0415. The average Bonchev–Trinajstić information content (AvgIpc) is 2.64. The first kappa shape index (κ1) is 10.7. The first-order valence-corrected chi connectivity index (χ1v) is 5.16. The minimum Gasteiger partial charge on any atom is -0.441 e. The van der Waals surface area contributed by atoms with Gasteiger partial charge in [-0.3, -0.25) is 0 Å². The lowest BCUT2D eigenvalue weighted by atomic mass is 10.0. The van der Waals surface area contributed by atoms with Gasteiger partial charge in [0.25, 0.3) is 0 Å². The van der Waals surface area contributed by atoms with Gasteiger partial charge in [0.05, 0.1) is 12.5 Å². The van der Waals surface area contributed by atoms with E-state index in [2.05, 4.69) is 16.4 Å². The van der Waals surface area contributed by atoms with E-state index in [1.807, 2.05) is 32.2 Å². The van der Waals surface area contributed by atoms with Crippen LogP contribution in [-0.4, -0.2) is 12.0 Å². The molecule has 0 saturated heterocycles. The lowest BCUT2D eigenvalue weighted by Gasteiger charge is -2.12. The zero-order valence-electron chi connectivity index (χ0n) is 9.32. The molecule has 1 aromatic carbocycles. The Hall–Kier alpha value is -1.86. The van der Waals surface area contributed by atoms with Gasteiger partial charge in [0.2, 0.25) is 0 Å². The number of nitrogens with one attached hydrogen (secondary N) is 1. The fourth-order valence-corrected chi connectivity index (χ4v) is 1.75. The fourth-order valence-electron chi connectivity index (χ4n) is 1.75. The molecule has 82 valence electrons. The van der Waals surface area contributed by atoms with Crippen LogP contribution in [0.3, 0.4) is 0 Å². The van der Waals surface area contributed by atoms with Gasteiger partial charge >= 0.3 is 0 Å². The first-order valence-electron chi connectivity index (χ1n) is 5.16. The highest BCUT2D eigenvalue weighted by molar-refractivity contribution is 5.73. The summed E-state index contributed by atoms with van der Waals surface area (Å²) in [4.78, 5) is 4.23. The third kappa shape index (κ3) is 1.90. The van der Waals surface area contributed by atoms with Crippen molar-refractivity contribution in [1.29, 1.82) is 5.26 Å². The van der Waals surface area contributed by atoms with E-state index >= 15 is 0 Å². The molecule has 0 amide bonds. The Morgan fingerprint density at radius 1 is 1.56 bits per heavy atom. The van der Waals surface area contributed by atoms with Crippen LogP contribution < -0.4 is 5.32 Å². The highest BCUT2D eigenvalue weighted by Crippen LogP contribution is 2.22. The summed E-state index contributed by atoms with van der Waals surface area (Å²) in [6, 6.07) is 8.04. The molecule has 0 aliphatic rings. The van der Waals surface area contributed by atoms with E-state index in [1.165, 1.54) is 0 Å². The molecule has 1 atom stereocenters. The van der Waals surface area contributed by atoms with Crippen molar-refractivity contribution in [2.45, 2.75) is 19.4 Å². The van der Waals surface area contributed by atoms with Crippen molar-refractivity contribution in [2.75, 3.05) is 7.05 Å². The maximum Gasteiger partial charge on any atom is 0.192 e.